The van der Waals surface area contributed by atoms with Crippen molar-refractivity contribution in [3.8, 4) is 0 Å². The van der Waals surface area contributed by atoms with Crippen molar-refractivity contribution >= 4 is 11.9 Å². The van der Waals surface area contributed by atoms with E-state index in [2.05, 4.69) is 6.07 Å². The summed E-state index contributed by atoms with van der Waals surface area (Å²) in [5.41, 5.74) is 1.77. The lowest BCUT2D eigenvalue weighted by atomic mass is 9.77. The zero-order valence-electron chi connectivity index (χ0n) is 12.8. The monoisotopic (exact) mass is 289 g/mol. The Morgan fingerprint density at radius 3 is 2.52 bits per heavy atom. The van der Waals surface area contributed by atoms with Gasteiger partial charge < -0.3 is 10.0 Å². The number of carboxylic acid groups (broad SMARTS) is 1. The van der Waals surface area contributed by atoms with E-state index >= 15 is 0 Å². The van der Waals surface area contributed by atoms with Crippen molar-refractivity contribution in [3.05, 3.63) is 35.4 Å². The van der Waals surface area contributed by atoms with Gasteiger partial charge >= 0.3 is 5.97 Å². The van der Waals surface area contributed by atoms with Crippen LogP contribution in [-0.4, -0.2) is 35.5 Å². The van der Waals surface area contributed by atoms with Crippen molar-refractivity contribution < 1.29 is 14.7 Å². The molecule has 0 bridgehead atoms. The maximum Gasteiger partial charge on any atom is 0.305 e. The van der Waals surface area contributed by atoms with Gasteiger partial charge in [0.05, 0.1) is 11.8 Å². The quantitative estimate of drug-likeness (QED) is 0.906. The lowest BCUT2D eigenvalue weighted by molar-refractivity contribution is -0.139. The first-order valence-electron chi connectivity index (χ1n) is 7.50. The minimum absolute atomic E-state index is 0.00780. The first-order valence-corrected chi connectivity index (χ1v) is 7.50. The van der Waals surface area contributed by atoms with Gasteiger partial charge in [-0.25, -0.2) is 0 Å². The average molecular weight is 289 g/mol. The van der Waals surface area contributed by atoms with Crippen LogP contribution >= 0.6 is 0 Å². The Morgan fingerprint density at radius 1 is 1.29 bits per heavy atom. The minimum atomic E-state index is -0.870. The number of likely N-dealkylation sites (N-methyl/N-ethyl adjacent to an activating group) is 1. The number of hydrogen-bond donors (Lipinski definition) is 1. The Bertz CT molecular complexity index is 533. The Kier molecular flexibility index (Phi) is 4.66. The smallest absolute Gasteiger partial charge is 0.305 e. The van der Waals surface area contributed by atoms with Crippen LogP contribution in [0.2, 0.25) is 0 Å². The second-order valence-corrected chi connectivity index (χ2v) is 6.03. The van der Waals surface area contributed by atoms with E-state index < -0.39 is 11.4 Å². The molecule has 1 fully saturated rings. The molecule has 0 unspecified atom stereocenters. The van der Waals surface area contributed by atoms with Crippen molar-refractivity contribution in [2.75, 3.05) is 13.6 Å². The van der Waals surface area contributed by atoms with Gasteiger partial charge in [-0.3, -0.25) is 9.59 Å². The molecule has 0 atom stereocenters. The average Bonchev–Trinajstić information content (AvgIpc) is 2.94. The molecule has 1 N–H and O–H groups in total. The molecule has 4 nitrogen and oxygen atoms in total. The van der Waals surface area contributed by atoms with E-state index in [9.17, 15) is 9.59 Å². The van der Waals surface area contributed by atoms with Crippen LogP contribution in [0.1, 0.15) is 43.2 Å². The lowest BCUT2D eigenvalue weighted by Crippen LogP contribution is -2.44. The zero-order valence-corrected chi connectivity index (χ0v) is 12.8. The number of aryl methyl sites for hydroxylation is 1. The molecule has 0 aliphatic heterocycles. The van der Waals surface area contributed by atoms with Gasteiger partial charge in [0.25, 0.3) is 0 Å². The van der Waals surface area contributed by atoms with Crippen LogP contribution in [0.25, 0.3) is 0 Å². The van der Waals surface area contributed by atoms with Crippen LogP contribution in [0.15, 0.2) is 24.3 Å². The zero-order chi connectivity index (χ0) is 15.5. The minimum Gasteiger partial charge on any atom is -0.481 e. The molecule has 0 spiro atoms. The summed E-state index contributed by atoms with van der Waals surface area (Å²) in [6, 6.07) is 8.15. The van der Waals surface area contributed by atoms with Gasteiger partial charge in [-0.05, 0) is 25.3 Å². The Labute approximate surface area is 125 Å². The molecule has 4 heteroatoms. The molecule has 1 saturated carbocycles. The number of rotatable bonds is 5. The summed E-state index contributed by atoms with van der Waals surface area (Å²) < 4.78 is 0. The van der Waals surface area contributed by atoms with Crippen LogP contribution in [0.5, 0.6) is 0 Å². The van der Waals surface area contributed by atoms with Crippen LogP contribution in [0.3, 0.4) is 0 Å². The molecule has 1 aromatic rings. The van der Waals surface area contributed by atoms with Gasteiger partial charge in [-0.1, -0.05) is 42.7 Å². The number of carboxylic acids is 1. The fourth-order valence-electron chi connectivity index (χ4n) is 3.28. The third-order valence-electron chi connectivity index (χ3n) is 4.44. The summed E-state index contributed by atoms with van der Waals surface area (Å²) in [4.78, 5) is 25.2. The Balaban J connectivity index is 2.25. The number of amides is 1. The highest BCUT2D eigenvalue weighted by atomic mass is 16.4. The standard InChI is InChI=1S/C17H23NO3/c1-13-6-5-7-14(12-13)17(9-3-4-10-17)16(21)18(2)11-8-15(19)20/h5-7,12H,3-4,8-11H2,1-2H3,(H,19,20). The highest BCUT2D eigenvalue weighted by Gasteiger charge is 2.44. The van der Waals surface area contributed by atoms with Crippen LogP contribution in [-0.2, 0) is 15.0 Å². The molecule has 1 aromatic carbocycles. The molecule has 2 rings (SSSR count). The maximum absolute atomic E-state index is 12.9. The van der Waals surface area contributed by atoms with E-state index in [1.54, 1.807) is 11.9 Å². The highest BCUT2D eigenvalue weighted by molar-refractivity contribution is 5.88. The van der Waals surface area contributed by atoms with Crippen LogP contribution in [0.4, 0.5) is 0 Å². The van der Waals surface area contributed by atoms with Gasteiger partial charge in [-0.15, -0.1) is 0 Å². The molecule has 0 aromatic heterocycles. The van der Waals surface area contributed by atoms with Gasteiger partial charge in [0.2, 0.25) is 5.91 Å². The lowest BCUT2D eigenvalue weighted by Gasteiger charge is -2.33. The summed E-state index contributed by atoms with van der Waals surface area (Å²) in [6.45, 7) is 2.30. The molecule has 0 heterocycles. The van der Waals surface area contributed by atoms with E-state index in [1.807, 2.05) is 25.1 Å². The number of hydrogen-bond acceptors (Lipinski definition) is 2. The molecule has 21 heavy (non-hydrogen) atoms. The van der Waals surface area contributed by atoms with Crippen molar-refractivity contribution in [1.29, 1.82) is 0 Å². The molecular formula is C17H23NO3. The molecule has 0 saturated heterocycles. The van der Waals surface area contributed by atoms with Crippen molar-refractivity contribution in [2.45, 2.75) is 44.4 Å². The van der Waals surface area contributed by atoms with Gasteiger partial charge in [-0.2, -0.15) is 0 Å². The highest BCUT2D eigenvalue weighted by Crippen LogP contribution is 2.42. The SMILES string of the molecule is Cc1cccc(C2(C(=O)N(C)CCC(=O)O)CCCC2)c1. The first kappa shape index (κ1) is 15.5. The molecule has 1 aliphatic carbocycles. The van der Waals surface area contributed by atoms with Crippen LogP contribution in [0, 0.1) is 6.92 Å². The summed E-state index contributed by atoms with van der Waals surface area (Å²) in [5, 5.41) is 8.79. The number of carbonyl (C=O) groups excluding carboxylic acids is 1. The molecular weight excluding hydrogens is 266 g/mol. The van der Waals surface area contributed by atoms with E-state index in [4.69, 9.17) is 5.11 Å². The largest absolute Gasteiger partial charge is 0.481 e. The van der Waals surface area contributed by atoms with Crippen molar-refractivity contribution in [2.24, 2.45) is 0 Å². The van der Waals surface area contributed by atoms with E-state index in [0.29, 0.717) is 0 Å². The van der Waals surface area contributed by atoms with Crippen LogP contribution < -0.4 is 0 Å². The number of aliphatic carboxylic acids is 1. The number of benzene rings is 1. The van der Waals surface area contributed by atoms with E-state index in [1.165, 1.54) is 0 Å². The third-order valence-corrected chi connectivity index (χ3v) is 4.44. The second-order valence-electron chi connectivity index (χ2n) is 6.03. The summed E-state index contributed by atoms with van der Waals surface area (Å²) >= 11 is 0. The topological polar surface area (TPSA) is 57.6 Å². The molecule has 1 amide bonds. The number of nitrogens with zero attached hydrogens (tertiary/aromatic N) is 1. The van der Waals surface area contributed by atoms with Gasteiger partial charge in [0, 0.05) is 13.6 Å². The predicted octanol–water partition coefficient (Wildman–Crippen LogP) is 2.74. The van der Waals surface area contributed by atoms with Crippen molar-refractivity contribution in [1.82, 2.24) is 4.90 Å². The first-order chi connectivity index (χ1) is 9.95. The van der Waals surface area contributed by atoms with Gasteiger partial charge in [0.1, 0.15) is 0 Å². The normalized spacial score (nSPS) is 16.7. The summed E-state index contributed by atoms with van der Waals surface area (Å²) in [5.74, 6) is -0.808. The number of carbonyl (C=O) groups is 2. The van der Waals surface area contributed by atoms with E-state index in [0.717, 1.165) is 36.8 Å². The fourth-order valence-corrected chi connectivity index (χ4v) is 3.28. The Morgan fingerprint density at radius 2 is 1.95 bits per heavy atom. The summed E-state index contributed by atoms with van der Waals surface area (Å²) in [6.07, 6.45) is 3.80. The molecule has 114 valence electrons. The predicted molar refractivity (Wildman–Crippen MR) is 81.2 cm³/mol. The third kappa shape index (κ3) is 3.26. The summed E-state index contributed by atoms with van der Waals surface area (Å²) in [7, 11) is 1.71. The molecule has 0 radical (unpaired) electrons. The molecule has 1 aliphatic rings. The van der Waals surface area contributed by atoms with Gasteiger partial charge in [0.15, 0.2) is 0 Å². The maximum atomic E-state index is 12.9. The van der Waals surface area contributed by atoms with E-state index in [-0.39, 0.29) is 18.9 Å². The van der Waals surface area contributed by atoms with Crippen molar-refractivity contribution in [3.63, 3.8) is 0 Å². The Hall–Kier alpha value is -1.84. The second kappa shape index (κ2) is 6.29. The fraction of sp³-hybridized carbons (Fsp3) is 0.529.